The zero-order valence-electron chi connectivity index (χ0n) is 19.9. The summed E-state index contributed by atoms with van der Waals surface area (Å²) in [5.74, 6) is 2.42. The van der Waals surface area contributed by atoms with Crippen LogP contribution in [0, 0.1) is 6.92 Å². The van der Waals surface area contributed by atoms with Crippen LogP contribution in [-0.4, -0.2) is 26.7 Å². The van der Waals surface area contributed by atoms with Gasteiger partial charge in [-0.25, -0.2) is 9.97 Å². The molecule has 2 heterocycles. The van der Waals surface area contributed by atoms with Crippen molar-refractivity contribution in [2.45, 2.75) is 13.5 Å². The molecule has 0 aliphatic rings. The molecule has 2 N–H and O–H groups in total. The fourth-order valence-corrected chi connectivity index (χ4v) is 3.59. The van der Waals surface area contributed by atoms with Crippen LogP contribution in [0.1, 0.15) is 14.2 Å². The molecular weight excluding hydrogens is 448 g/mol. The van der Waals surface area contributed by atoms with E-state index >= 15 is 0 Å². The fraction of sp³-hybridized carbons (Fsp3) is 0.0690. The monoisotopic (exact) mass is 478 g/mol. The molecule has 0 unspecified atom stereocenters. The molecule has 0 saturated carbocycles. The highest BCUT2D eigenvalue weighted by Gasteiger charge is 2.08. The molecule has 5 rings (SSSR count). The van der Waals surface area contributed by atoms with Crippen molar-refractivity contribution in [2.24, 2.45) is 0 Å². The average Bonchev–Trinajstić information content (AvgIpc) is 2.95. The van der Waals surface area contributed by atoms with Crippen molar-refractivity contribution in [3.8, 4) is 22.5 Å². The van der Waals surface area contributed by atoms with Gasteiger partial charge in [-0.05, 0) is 41.8 Å². The van der Waals surface area contributed by atoms with E-state index in [0.717, 1.165) is 22.4 Å². The van der Waals surface area contributed by atoms with Gasteiger partial charge in [0.05, 0.1) is 0 Å². The number of para-hydroxylation sites is 1. The van der Waals surface area contributed by atoms with E-state index in [1.54, 1.807) is 0 Å². The van der Waals surface area contributed by atoms with Gasteiger partial charge in [-0.1, -0.05) is 78.9 Å². The van der Waals surface area contributed by atoms with Gasteiger partial charge in [0, 0.05) is 26.8 Å². The van der Waals surface area contributed by atoms with E-state index in [2.05, 4.69) is 54.8 Å². The Morgan fingerprint density at radius 3 is 2.03 bits per heavy atom. The number of rotatable bonds is 7. The smallest absolute Gasteiger partial charge is 0.232 e. The minimum atomic E-state index is 0. The summed E-state index contributed by atoms with van der Waals surface area (Å²) in [5.41, 5.74) is 5.43. The Labute approximate surface area is 213 Å². The summed E-state index contributed by atoms with van der Waals surface area (Å²) in [7, 11) is 0. The number of aryl methyl sites for hydroxylation is 1. The summed E-state index contributed by atoms with van der Waals surface area (Å²) in [5, 5.41) is 6.58. The molecule has 7 nitrogen and oxygen atoms in total. The summed E-state index contributed by atoms with van der Waals surface area (Å²) in [6, 6.07) is 32.6. The predicted octanol–water partition coefficient (Wildman–Crippen LogP) is 6.57. The zero-order valence-corrected chi connectivity index (χ0v) is 19.9. The predicted molar refractivity (Wildman–Crippen MR) is 148 cm³/mol. The molecule has 182 valence electrons. The summed E-state index contributed by atoms with van der Waals surface area (Å²) in [4.78, 5) is 26.1. The number of hydrogen-bond donors (Lipinski definition) is 2. The molecule has 2 aromatic heterocycles. The topological polar surface area (TPSA) is 92.7 Å². The molecule has 0 aliphatic heterocycles. The molecule has 5 aromatic rings. The second-order valence-electron chi connectivity index (χ2n) is 7.87. The Morgan fingerprint density at radius 2 is 1.36 bits per heavy atom. The van der Waals surface area contributed by atoms with Gasteiger partial charge in [0.15, 0.2) is 5.82 Å². The fourth-order valence-electron chi connectivity index (χ4n) is 3.59. The molecule has 0 radical (unpaired) electrons. The van der Waals surface area contributed by atoms with Crippen molar-refractivity contribution in [1.29, 1.82) is 0 Å². The van der Waals surface area contributed by atoms with Crippen molar-refractivity contribution in [2.75, 3.05) is 10.6 Å². The van der Waals surface area contributed by atoms with Crippen LogP contribution in [0.15, 0.2) is 103 Å². The molecule has 0 spiro atoms. The number of anilines is 3. The maximum absolute atomic E-state index is 8.00. The summed E-state index contributed by atoms with van der Waals surface area (Å²) in [6.45, 7) is 4.56. The first kappa shape index (κ1) is 24.2. The Morgan fingerprint density at radius 1 is 0.722 bits per heavy atom. The van der Waals surface area contributed by atoms with Gasteiger partial charge in [-0.15, -0.1) is 0 Å². The number of nitrogens with one attached hydrogen (secondary N) is 2. The van der Waals surface area contributed by atoms with E-state index in [-0.39, 0.29) is 2.85 Å². The van der Waals surface area contributed by atoms with Crippen LogP contribution in [0.2, 0.25) is 0 Å². The second-order valence-corrected chi connectivity index (χ2v) is 7.87. The van der Waals surface area contributed by atoms with E-state index in [1.165, 1.54) is 5.56 Å². The number of pyridine rings is 1. The molecule has 3 aromatic carbocycles. The standard InChI is InChI=1S/C28H24N6.CH2O.2H2/c1-20-31-27(24-15-13-23(14-16-24)22-8-4-2-5-9-22)34-28(32-20)33-26-17-12-21(19-30-26)18-29-25-10-6-3-7-11-25;1-2;;/h2-17,19,29H,18H2,1H3,(H,30,31,32,33,34);1H2;2*1H. The van der Waals surface area contributed by atoms with E-state index < -0.39 is 0 Å². The maximum Gasteiger partial charge on any atom is 0.232 e. The van der Waals surface area contributed by atoms with Gasteiger partial charge in [0.25, 0.3) is 0 Å². The Balaban J connectivity index is 0.00000124. The lowest BCUT2D eigenvalue weighted by Gasteiger charge is -2.09. The molecule has 7 heteroatoms. The van der Waals surface area contributed by atoms with Gasteiger partial charge >= 0.3 is 0 Å². The number of carbonyl (C=O) groups is 1. The molecule has 0 amide bonds. The third-order valence-corrected chi connectivity index (χ3v) is 5.33. The van der Waals surface area contributed by atoms with Gasteiger partial charge < -0.3 is 15.4 Å². The Bertz CT molecular complexity index is 1390. The van der Waals surface area contributed by atoms with Crippen LogP contribution in [0.25, 0.3) is 22.5 Å². The van der Waals surface area contributed by atoms with E-state index in [1.807, 2.05) is 92.7 Å². The SMILES string of the molecule is C=O.Cc1nc(Nc2ccc(CNc3ccccc3)cn2)nc(-c2ccc(-c3ccccc3)cc2)n1.[HH].[HH]. The lowest BCUT2D eigenvalue weighted by atomic mass is 10.0. The van der Waals surface area contributed by atoms with Gasteiger partial charge in [-0.3, -0.25) is 0 Å². The van der Waals surface area contributed by atoms with Crippen LogP contribution in [0.3, 0.4) is 0 Å². The normalized spacial score (nSPS) is 10.1. The number of hydrogen-bond acceptors (Lipinski definition) is 7. The third-order valence-electron chi connectivity index (χ3n) is 5.33. The largest absolute Gasteiger partial charge is 0.381 e. The maximum atomic E-state index is 8.00. The quantitative estimate of drug-likeness (QED) is 0.273. The van der Waals surface area contributed by atoms with Crippen LogP contribution in [0.4, 0.5) is 17.5 Å². The zero-order chi connectivity index (χ0) is 25.2. The Kier molecular flexibility index (Phi) is 8.07. The second kappa shape index (κ2) is 12.0. The molecule has 0 aliphatic carbocycles. The first-order valence-electron chi connectivity index (χ1n) is 11.4. The van der Waals surface area contributed by atoms with E-state index in [0.29, 0.717) is 30.0 Å². The first-order valence-corrected chi connectivity index (χ1v) is 11.4. The number of carbonyl (C=O) groups excluding carboxylic acids is 1. The van der Waals surface area contributed by atoms with Crippen molar-refractivity contribution >= 4 is 24.2 Å². The van der Waals surface area contributed by atoms with Crippen LogP contribution >= 0.6 is 0 Å². The van der Waals surface area contributed by atoms with E-state index in [9.17, 15) is 0 Å². The van der Waals surface area contributed by atoms with Crippen molar-refractivity contribution in [3.63, 3.8) is 0 Å². The average molecular weight is 479 g/mol. The molecule has 0 atom stereocenters. The number of benzene rings is 3. The molecule has 0 fully saturated rings. The van der Waals surface area contributed by atoms with Crippen molar-refractivity contribution < 1.29 is 7.65 Å². The molecule has 0 bridgehead atoms. The van der Waals surface area contributed by atoms with Crippen LogP contribution in [-0.2, 0) is 11.3 Å². The lowest BCUT2D eigenvalue weighted by molar-refractivity contribution is -0.0979. The Hall–Kier alpha value is -4.91. The van der Waals surface area contributed by atoms with Crippen molar-refractivity contribution in [3.05, 3.63) is 115 Å². The minimum absolute atomic E-state index is 0. The molecule has 0 saturated heterocycles. The number of nitrogens with zero attached hydrogens (tertiary/aromatic N) is 4. The summed E-state index contributed by atoms with van der Waals surface area (Å²) >= 11 is 0. The van der Waals surface area contributed by atoms with Crippen molar-refractivity contribution in [1.82, 2.24) is 19.9 Å². The van der Waals surface area contributed by atoms with E-state index in [4.69, 9.17) is 4.79 Å². The minimum Gasteiger partial charge on any atom is -0.381 e. The van der Waals surface area contributed by atoms with Gasteiger partial charge in [0.1, 0.15) is 18.4 Å². The van der Waals surface area contributed by atoms with Crippen LogP contribution < -0.4 is 10.6 Å². The van der Waals surface area contributed by atoms with Gasteiger partial charge in [0.2, 0.25) is 5.95 Å². The number of aromatic nitrogens is 4. The summed E-state index contributed by atoms with van der Waals surface area (Å²) < 4.78 is 0. The first-order chi connectivity index (χ1) is 17.7. The highest BCUT2D eigenvalue weighted by atomic mass is 16.1. The summed E-state index contributed by atoms with van der Waals surface area (Å²) in [6.07, 6.45) is 1.84. The van der Waals surface area contributed by atoms with Gasteiger partial charge in [-0.2, -0.15) is 9.97 Å². The lowest BCUT2D eigenvalue weighted by Crippen LogP contribution is -2.05. The third kappa shape index (κ3) is 6.36. The highest BCUT2D eigenvalue weighted by Crippen LogP contribution is 2.24. The van der Waals surface area contributed by atoms with Crippen LogP contribution in [0.5, 0.6) is 0 Å². The molecular formula is C29H30N6O. The molecule has 36 heavy (non-hydrogen) atoms. The highest BCUT2D eigenvalue weighted by molar-refractivity contribution is 5.68.